The lowest BCUT2D eigenvalue weighted by atomic mass is 10.0. The Kier molecular flexibility index (Phi) is 4.68. The van der Waals surface area contributed by atoms with Gasteiger partial charge >= 0.3 is 0 Å². The predicted octanol–water partition coefficient (Wildman–Crippen LogP) is 2.72. The van der Waals surface area contributed by atoms with Gasteiger partial charge in [0.05, 0.1) is 7.11 Å². The molecule has 0 aliphatic heterocycles. The standard InChI is InChI=1S/C17H15NO4/c1-11(19)18-14-5-3-4-13(10-14)17(21)16(20)12-6-8-15(22-2)9-7-12/h3-10H,1-2H3,(H,18,19). The molecule has 0 radical (unpaired) electrons. The highest BCUT2D eigenvalue weighted by Crippen LogP contribution is 2.16. The fourth-order valence-electron chi connectivity index (χ4n) is 1.95. The number of amides is 1. The number of nitrogens with one attached hydrogen (secondary N) is 1. The van der Waals surface area contributed by atoms with Crippen LogP contribution >= 0.6 is 0 Å². The Morgan fingerprint density at radius 1 is 0.909 bits per heavy atom. The molecule has 2 rings (SSSR count). The van der Waals surface area contributed by atoms with Crippen molar-refractivity contribution >= 4 is 23.2 Å². The summed E-state index contributed by atoms with van der Waals surface area (Å²) < 4.78 is 5.01. The molecular formula is C17H15NO4. The molecule has 0 saturated heterocycles. The van der Waals surface area contributed by atoms with Crippen molar-refractivity contribution < 1.29 is 19.1 Å². The van der Waals surface area contributed by atoms with E-state index in [0.29, 0.717) is 11.4 Å². The summed E-state index contributed by atoms with van der Waals surface area (Å²) in [5, 5.41) is 2.57. The minimum atomic E-state index is -0.627. The number of methoxy groups -OCH3 is 1. The second-order valence-electron chi connectivity index (χ2n) is 4.65. The zero-order valence-corrected chi connectivity index (χ0v) is 12.3. The van der Waals surface area contributed by atoms with Crippen LogP contribution in [0.15, 0.2) is 48.5 Å². The highest BCUT2D eigenvalue weighted by molar-refractivity contribution is 6.49. The maximum absolute atomic E-state index is 12.2. The second-order valence-corrected chi connectivity index (χ2v) is 4.65. The van der Waals surface area contributed by atoms with Gasteiger partial charge in [0, 0.05) is 23.7 Å². The third-order valence-corrected chi connectivity index (χ3v) is 3.00. The summed E-state index contributed by atoms with van der Waals surface area (Å²) in [6, 6.07) is 12.6. The number of benzene rings is 2. The largest absolute Gasteiger partial charge is 0.497 e. The lowest BCUT2D eigenvalue weighted by molar-refractivity contribution is -0.114. The average Bonchev–Trinajstić information content (AvgIpc) is 2.53. The number of rotatable bonds is 5. The maximum atomic E-state index is 12.2. The van der Waals surface area contributed by atoms with Crippen LogP contribution < -0.4 is 10.1 Å². The van der Waals surface area contributed by atoms with Gasteiger partial charge in [-0.3, -0.25) is 14.4 Å². The third-order valence-electron chi connectivity index (χ3n) is 3.00. The maximum Gasteiger partial charge on any atom is 0.233 e. The molecule has 0 aliphatic rings. The number of hydrogen-bond donors (Lipinski definition) is 1. The van der Waals surface area contributed by atoms with Crippen molar-refractivity contribution in [1.82, 2.24) is 0 Å². The normalized spacial score (nSPS) is 9.91. The van der Waals surface area contributed by atoms with E-state index in [2.05, 4.69) is 5.32 Å². The molecule has 5 nitrogen and oxygen atoms in total. The first-order chi connectivity index (χ1) is 10.5. The van der Waals surface area contributed by atoms with Crippen LogP contribution in [0.1, 0.15) is 27.6 Å². The van der Waals surface area contributed by atoms with Crippen molar-refractivity contribution in [3.05, 3.63) is 59.7 Å². The molecule has 0 aliphatic carbocycles. The van der Waals surface area contributed by atoms with Crippen LogP contribution in [0.25, 0.3) is 0 Å². The average molecular weight is 297 g/mol. The van der Waals surface area contributed by atoms with E-state index >= 15 is 0 Å². The SMILES string of the molecule is COc1ccc(C(=O)C(=O)c2cccc(NC(C)=O)c2)cc1. The van der Waals surface area contributed by atoms with Crippen LogP contribution in [0, 0.1) is 0 Å². The Labute approximate surface area is 127 Å². The molecule has 2 aromatic carbocycles. The number of Topliss-reactive ketones (excluding diaryl/α,β-unsaturated/α-hetero) is 2. The molecule has 5 heteroatoms. The lowest BCUT2D eigenvalue weighted by Crippen LogP contribution is -2.15. The minimum absolute atomic E-state index is 0.229. The van der Waals surface area contributed by atoms with Crippen LogP contribution in [0.2, 0.25) is 0 Å². The van der Waals surface area contributed by atoms with Crippen molar-refractivity contribution in [3.8, 4) is 5.75 Å². The Morgan fingerprint density at radius 3 is 2.14 bits per heavy atom. The van der Waals surface area contributed by atoms with E-state index in [1.165, 1.54) is 38.3 Å². The molecule has 0 aromatic heterocycles. The van der Waals surface area contributed by atoms with Gasteiger partial charge in [-0.1, -0.05) is 12.1 Å². The molecule has 1 N–H and O–H groups in total. The van der Waals surface area contributed by atoms with E-state index in [9.17, 15) is 14.4 Å². The van der Waals surface area contributed by atoms with Crippen LogP contribution in [0.3, 0.4) is 0 Å². The molecule has 0 unspecified atom stereocenters. The highest BCUT2D eigenvalue weighted by Gasteiger charge is 2.18. The molecule has 0 bridgehead atoms. The van der Waals surface area contributed by atoms with Gasteiger partial charge in [-0.2, -0.15) is 0 Å². The van der Waals surface area contributed by atoms with E-state index in [1.807, 2.05) is 0 Å². The quantitative estimate of drug-likeness (QED) is 0.680. The number of carbonyl (C=O) groups is 3. The third kappa shape index (κ3) is 3.58. The van der Waals surface area contributed by atoms with Crippen LogP contribution in [0.4, 0.5) is 5.69 Å². The van der Waals surface area contributed by atoms with E-state index in [0.717, 1.165) is 0 Å². The van der Waals surface area contributed by atoms with Crippen LogP contribution in [-0.4, -0.2) is 24.6 Å². The first-order valence-corrected chi connectivity index (χ1v) is 6.62. The monoisotopic (exact) mass is 297 g/mol. The molecule has 1 amide bonds. The fourth-order valence-corrected chi connectivity index (χ4v) is 1.95. The van der Waals surface area contributed by atoms with Gasteiger partial charge in [0.15, 0.2) is 0 Å². The Bertz CT molecular complexity index is 720. The van der Waals surface area contributed by atoms with Gasteiger partial charge in [0.1, 0.15) is 5.75 Å². The Hall–Kier alpha value is -2.95. The van der Waals surface area contributed by atoms with Crippen molar-refractivity contribution in [2.45, 2.75) is 6.92 Å². The Balaban J connectivity index is 2.22. The Morgan fingerprint density at radius 2 is 1.55 bits per heavy atom. The summed E-state index contributed by atoms with van der Waals surface area (Å²) in [4.78, 5) is 35.5. The molecule has 0 atom stereocenters. The summed E-state index contributed by atoms with van der Waals surface area (Å²) in [5.74, 6) is -0.872. The zero-order chi connectivity index (χ0) is 16.1. The zero-order valence-electron chi connectivity index (χ0n) is 12.3. The van der Waals surface area contributed by atoms with Gasteiger partial charge in [-0.05, 0) is 36.4 Å². The lowest BCUT2D eigenvalue weighted by Gasteiger charge is -2.05. The molecule has 2 aromatic rings. The van der Waals surface area contributed by atoms with Gasteiger partial charge in [0.2, 0.25) is 17.5 Å². The molecular weight excluding hydrogens is 282 g/mol. The van der Waals surface area contributed by atoms with E-state index < -0.39 is 11.6 Å². The van der Waals surface area contributed by atoms with Gasteiger partial charge in [-0.25, -0.2) is 0 Å². The first kappa shape index (κ1) is 15.4. The van der Waals surface area contributed by atoms with Crippen LogP contribution in [-0.2, 0) is 4.79 Å². The van der Waals surface area contributed by atoms with Crippen molar-refractivity contribution in [3.63, 3.8) is 0 Å². The molecule has 22 heavy (non-hydrogen) atoms. The van der Waals surface area contributed by atoms with Crippen LogP contribution in [0.5, 0.6) is 5.75 Å². The smallest absolute Gasteiger partial charge is 0.233 e. The first-order valence-electron chi connectivity index (χ1n) is 6.62. The van der Waals surface area contributed by atoms with Gasteiger partial charge in [-0.15, -0.1) is 0 Å². The summed E-state index contributed by atoms with van der Waals surface area (Å²) in [6.07, 6.45) is 0. The van der Waals surface area contributed by atoms with E-state index in [1.54, 1.807) is 24.3 Å². The van der Waals surface area contributed by atoms with Crippen molar-refractivity contribution in [2.75, 3.05) is 12.4 Å². The minimum Gasteiger partial charge on any atom is -0.497 e. The predicted molar refractivity (Wildman–Crippen MR) is 82.4 cm³/mol. The molecule has 0 saturated carbocycles. The summed E-state index contributed by atoms with van der Waals surface area (Å²) in [5.41, 5.74) is 0.990. The number of ether oxygens (including phenoxy) is 1. The topological polar surface area (TPSA) is 72.5 Å². The number of hydrogen-bond acceptors (Lipinski definition) is 4. The summed E-state index contributed by atoms with van der Waals surface area (Å²) >= 11 is 0. The molecule has 0 spiro atoms. The molecule has 112 valence electrons. The van der Waals surface area contributed by atoms with E-state index in [4.69, 9.17) is 4.74 Å². The second kappa shape index (κ2) is 6.67. The summed E-state index contributed by atoms with van der Waals surface area (Å²) in [7, 11) is 1.52. The number of carbonyl (C=O) groups excluding carboxylic acids is 3. The summed E-state index contributed by atoms with van der Waals surface area (Å²) in [6.45, 7) is 1.37. The fraction of sp³-hybridized carbons (Fsp3) is 0.118. The number of anilines is 1. The van der Waals surface area contributed by atoms with Crippen molar-refractivity contribution in [2.24, 2.45) is 0 Å². The van der Waals surface area contributed by atoms with Gasteiger partial charge in [0.25, 0.3) is 0 Å². The van der Waals surface area contributed by atoms with Gasteiger partial charge < -0.3 is 10.1 Å². The molecule has 0 heterocycles. The van der Waals surface area contributed by atoms with Crippen molar-refractivity contribution in [1.29, 1.82) is 0 Å². The molecule has 0 fully saturated rings. The van der Waals surface area contributed by atoms with E-state index in [-0.39, 0.29) is 17.0 Å². The number of ketones is 2. The highest BCUT2D eigenvalue weighted by atomic mass is 16.5.